The summed E-state index contributed by atoms with van der Waals surface area (Å²) in [5, 5.41) is 12.1. The smallest absolute Gasteiger partial charge is 0.239 e. The zero-order chi connectivity index (χ0) is 14.6. The fraction of sp³-hybridized carbons (Fsp3) is 0.867. The van der Waals surface area contributed by atoms with Gasteiger partial charge in [0.05, 0.1) is 24.7 Å². The van der Waals surface area contributed by atoms with Crippen molar-refractivity contribution in [2.75, 3.05) is 26.3 Å². The van der Waals surface area contributed by atoms with Crippen LogP contribution in [0.3, 0.4) is 0 Å². The molecule has 1 saturated carbocycles. The first-order valence-electron chi connectivity index (χ1n) is 7.55. The van der Waals surface area contributed by atoms with Crippen LogP contribution in [0, 0.1) is 16.7 Å². The Labute approximate surface area is 121 Å². The first-order chi connectivity index (χ1) is 9.52. The Kier molecular flexibility index (Phi) is 5.00. The number of hydrogen-bond acceptors (Lipinski definition) is 4. The Balaban J connectivity index is 1.80. The van der Waals surface area contributed by atoms with Crippen molar-refractivity contribution in [2.24, 2.45) is 5.41 Å². The maximum atomic E-state index is 12.2. The third-order valence-corrected chi connectivity index (χ3v) is 4.02. The van der Waals surface area contributed by atoms with E-state index in [9.17, 15) is 4.79 Å². The molecule has 112 valence electrons. The van der Waals surface area contributed by atoms with E-state index in [1.54, 1.807) is 0 Å². The van der Waals surface area contributed by atoms with Gasteiger partial charge in [0, 0.05) is 12.6 Å². The highest BCUT2D eigenvalue weighted by atomic mass is 16.5. The highest BCUT2D eigenvalue weighted by Crippen LogP contribution is 2.22. The number of morpholine rings is 1. The summed E-state index contributed by atoms with van der Waals surface area (Å²) < 4.78 is 5.45. The molecule has 2 fully saturated rings. The highest BCUT2D eigenvalue weighted by molar-refractivity contribution is 5.82. The second kappa shape index (κ2) is 6.55. The van der Waals surface area contributed by atoms with Crippen LogP contribution in [0.25, 0.3) is 0 Å². The van der Waals surface area contributed by atoms with Crippen LogP contribution in [-0.4, -0.2) is 49.2 Å². The van der Waals surface area contributed by atoms with Crippen molar-refractivity contribution in [3.05, 3.63) is 0 Å². The molecule has 0 spiro atoms. The van der Waals surface area contributed by atoms with E-state index in [1.165, 1.54) is 0 Å². The molecule has 1 N–H and O–H groups in total. The predicted octanol–water partition coefficient (Wildman–Crippen LogP) is 1.30. The number of amides is 1. The summed E-state index contributed by atoms with van der Waals surface area (Å²) in [6.45, 7) is 6.76. The lowest BCUT2D eigenvalue weighted by atomic mass is 9.89. The lowest BCUT2D eigenvalue weighted by Crippen LogP contribution is -2.54. The van der Waals surface area contributed by atoms with Gasteiger partial charge in [-0.2, -0.15) is 5.26 Å². The number of nitrogens with one attached hydrogen (secondary N) is 1. The van der Waals surface area contributed by atoms with Crippen LogP contribution in [0.4, 0.5) is 0 Å². The third kappa shape index (κ3) is 4.46. The molecule has 1 saturated heterocycles. The first kappa shape index (κ1) is 15.3. The molecule has 1 atom stereocenters. The van der Waals surface area contributed by atoms with Gasteiger partial charge in [0.15, 0.2) is 0 Å². The number of nitrogens with zero attached hydrogens (tertiary/aromatic N) is 2. The van der Waals surface area contributed by atoms with Crippen molar-refractivity contribution < 1.29 is 9.53 Å². The van der Waals surface area contributed by atoms with Crippen LogP contribution in [0.15, 0.2) is 0 Å². The van der Waals surface area contributed by atoms with Crippen molar-refractivity contribution in [1.29, 1.82) is 5.26 Å². The van der Waals surface area contributed by atoms with Crippen molar-refractivity contribution in [2.45, 2.75) is 51.6 Å². The molecule has 0 aromatic rings. The van der Waals surface area contributed by atoms with E-state index in [2.05, 4.69) is 16.3 Å². The van der Waals surface area contributed by atoms with Crippen molar-refractivity contribution in [3.63, 3.8) is 0 Å². The van der Waals surface area contributed by atoms with Gasteiger partial charge in [-0.05, 0) is 46.1 Å². The summed E-state index contributed by atoms with van der Waals surface area (Å²) in [5.74, 6) is 0.103. The van der Waals surface area contributed by atoms with E-state index in [0.717, 1.165) is 38.8 Å². The standard InChI is InChI=1S/C15H25N3O2/c1-15(2,11-16)6-3-7-18-8-9-20-10-13(18)14(19)17-12-4-5-12/h12-13H,3-10H2,1-2H3,(H,17,19). The molecule has 5 nitrogen and oxygen atoms in total. The van der Waals surface area contributed by atoms with Crippen molar-refractivity contribution in [3.8, 4) is 6.07 Å². The van der Waals surface area contributed by atoms with E-state index in [0.29, 0.717) is 19.3 Å². The first-order valence-corrected chi connectivity index (χ1v) is 7.55. The van der Waals surface area contributed by atoms with E-state index >= 15 is 0 Å². The molecule has 1 aliphatic heterocycles. The Bertz CT molecular complexity index is 385. The zero-order valence-corrected chi connectivity index (χ0v) is 12.5. The molecule has 0 radical (unpaired) electrons. The molecule has 1 heterocycles. The van der Waals surface area contributed by atoms with E-state index < -0.39 is 0 Å². The monoisotopic (exact) mass is 279 g/mol. The summed E-state index contributed by atoms with van der Waals surface area (Å²) >= 11 is 0. The molecular formula is C15H25N3O2. The average Bonchev–Trinajstić information content (AvgIpc) is 3.23. The quantitative estimate of drug-likeness (QED) is 0.796. The molecule has 0 bridgehead atoms. The molecule has 20 heavy (non-hydrogen) atoms. The number of hydrogen-bond donors (Lipinski definition) is 1. The van der Waals surface area contributed by atoms with Crippen LogP contribution in [-0.2, 0) is 9.53 Å². The molecule has 1 amide bonds. The van der Waals surface area contributed by atoms with Gasteiger partial charge in [0.25, 0.3) is 0 Å². The highest BCUT2D eigenvalue weighted by Gasteiger charge is 2.33. The third-order valence-electron chi connectivity index (χ3n) is 4.02. The number of ether oxygens (including phenoxy) is 1. The number of carbonyl (C=O) groups is 1. The number of rotatable bonds is 6. The maximum absolute atomic E-state index is 12.2. The predicted molar refractivity (Wildman–Crippen MR) is 76.0 cm³/mol. The molecule has 1 aliphatic carbocycles. The second-order valence-corrected chi connectivity index (χ2v) is 6.51. The molecule has 2 rings (SSSR count). The minimum atomic E-state index is -0.280. The Hall–Kier alpha value is -1.12. The van der Waals surface area contributed by atoms with Crippen LogP contribution in [0.5, 0.6) is 0 Å². The van der Waals surface area contributed by atoms with Gasteiger partial charge >= 0.3 is 0 Å². The summed E-state index contributed by atoms with van der Waals surface area (Å²) in [4.78, 5) is 14.4. The minimum absolute atomic E-state index is 0.103. The molecule has 0 aromatic carbocycles. The van der Waals surface area contributed by atoms with E-state index in [1.807, 2.05) is 13.8 Å². The van der Waals surface area contributed by atoms with Gasteiger partial charge in [-0.3, -0.25) is 9.69 Å². The lowest BCUT2D eigenvalue weighted by Gasteiger charge is -2.35. The summed E-state index contributed by atoms with van der Waals surface area (Å²) in [5.41, 5.74) is -0.280. The van der Waals surface area contributed by atoms with Gasteiger partial charge in [-0.15, -0.1) is 0 Å². The van der Waals surface area contributed by atoms with Gasteiger partial charge in [-0.25, -0.2) is 0 Å². The van der Waals surface area contributed by atoms with Crippen LogP contribution in [0.1, 0.15) is 39.5 Å². The molecule has 1 unspecified atom stereocenters. The Morgan fingerprint density at radius 2 is 2.25 bits per heavy atom. The maximum Gasteiger partial charge on any atom is 0.239 e. The fourth-order valence-corrected chi connectivity index (χ4v) is 2.45. The normalized spacial score (nSPS) is 24.1. The van der Waals surface area contributed by atoms with Crippen LogP contribution < -0.4 is 5.32 Å². The average molecular weight is 279 g/mol. The van der Waals surface area contributed by atoms with Gasteiger partial charge in [-0.1, -0.05) is 0 Å². The lowest BCUT2D eigenvalue weighted by molar-refractivity contribution is -0.132. The largest absolute Gasteiger partial charge is 0.378 e. The molecule has 0 aromatic heterocycles. The van der Waals surface area contributed by atoms with E-state index in [-0.39, 0.29) is 17.4 Å². The van der Waals surface area contributed by atoms with Gasteiger partial charge in [0.2, 0.25) is 5.91 Å². The fourth-order valence-electron chi connectivity index (χ4n) is 2.45. The topological polar surface area (TPSA) is 65.4 Å². The summed E-state index contributed by atoms with van der Waals surface area (Å²) in [6.07, 6.45) is 4.01. The molecule has 2 aliphatic rings. The summed E-state index contributed by atoms with van der Waals surface area (Å²) in [6, 6.07) is 2.56. The number of nitriles is 1. The van der Waals surface area contributed by atoms with Crippen molar-refractivity contribution >= 4 is 5.91 Å². The number of carbonyl (C=O) groups excluding carboxylic acids is 1. The van der Waals surface area contributed by atoms with Crippen LogP contribution in [0.2, 0.25) is 0 Å². The van der Waals surface area contributed by atoms with Crippen molar-refractivity contribution in [1.82, 2.24) is 10.2 Å². The molecule has 5 heteroatoms. The van der Waals surface area contributed by atoms with Gasteiger partial charge < -0.3 is 10.1 Å². The second-order valence-electron chi connectivity index (χ2n) is 6.51. The van der Waals surface area contributed by atoms with E-state index in [4.69, 9.17) is 10.00 Å². The zero-order valence-electron chi connectivity index (χ0n) is 12.5. The summed E-state index contributed by atoms with van der Waals surface area (Å²) in [7, 11) is 0. The Morgan fingerprint density at radius 3 is 2.90 bits per heavy atom. The minimum Gasteiger partial charge on any atom is -0.378 e. The van der Waals surface area contributed by atoms with Gasteiger partial charge in [0.1, 0.15) is 6.04 Å². The Morgan fingerprint density at radius 1 is 1.50 bits per heavy atom. The molecular weight excluding hydrogens is 254 g/mol. The van der Waals surface area contributed by atoms with Crippen LogP contribution >= 0.6 is 0 Å². The SMILES string of the molecule is CC(C)(C#N)CCCN1CCOCC1C(=O)NC1CC1.